The average molecular weight is 385 g/mol. The fourth-order valence-electron chi connectivity index (χ4n) is 2.38. The van der Waals surface area contributed by atoms with Crippen LogP contribution in [-0.2, 0) is 0 Å². The van der Waals surface area contributed by atoms with Crippen molar-refractivity contribution >= 4 is 34.7 Å². The quantitative estimate of drug-likeness (QED) is 0.619. The van der Waals surface area contributed by atoms with E-state index in [1.807, 2.05) is 24.3 Å². The van der Waals surface area contributed by atoms with Crippen LogP contribution in [0.15, 0.2) is 54.9 Å². The first-order valence-corrected chi connectivity index (χ1v) is 8.75. The molecule has 2 aromatic carbocycles. The number of hydrogen-bond donors (Lipinski definition) is 2. The molecule has 7 heteroatoms. The molecule has 0 bridgehead atoms. The van der Waals surface area contributed by atoms with Gasteiger partial charge in [-0.15, -0.1) is 0 Å². The van der Waals surface area contributed by atoms with Crippen molar-refractivity contribution in [2.24, 2.45) is 0 Å². The van der Waals surface area contributed by atoms with Crippen LogP contribution in [0.4, 0.5) is 21.6 Å². The number of rotatable bonds is 5. The SMILES string of the molecule is CC(C)c1ccc(NC(=O)c2cnc(Nc3ccc(F)c(Cl)c3)cn2)cc1. The van der Waals surface area contributed by atoms with Crippen LogP contribution in [-0.4, -0.2) is 15.9 Å². The minimum Gasteiger partial charge on any atom is -0.339 e. The fourth-order valence-corrected chi connectivity index (χ4v) is 2.56. The van der Waals surface area contributed by atoms with E-state index in [1.54, 1.807) is 0 Å². The highest BCUT2D eigenvalue weighted by atomic mass is 35.5. The second-order valence-corrected chi connectivity index (χ2v) is 6.68. The largest absolute Gasteiger partial charge is 0.339 e. The van der Waals surface area contributed by atoms with E-state index in [0.717, 1.165) is 0 Å². The Kier molecular flexibility index (Phi) is 5.66. The Labute approximate surface area is 161 Å². The second-order valence-electron chi connectivity index (χ2n) is 6.27. The van der Waals surface area contributed by atoms with Crippen molar-refractivity contribution in [1.29, 1.82) is 0 Å². The molecule has 138 valence electrons. The number of halogens is 2. The molecule has 2 N–H and O–H groups in total. The van der Waals surface area contributed by atoms with Gasteiger partial charge in [0.1, 0.15) is 17.3 Å². The summed E-state index contributed by atoms with van der Waals surface area (Å²) in [5.41, 5.74) is 2.64. The number of nitrogens with one attached hydrogen (secondary N) is 2. The molecular weight excluding hydrogens is 367 g/mol. The zero-order valence-corrected chi connectivity index (χ0v) is 15.6. The minimum absolute atomic E-state index is 0.00689. The van der Waals surface area contributed by atoms with Gasteiger partial charge in [0.25, 0.3) is 5.91 Å². The van der Waals surface area contributed by atoms with Crippen molar-refractivity contribution < 1.29 is 9.18 Å². The van der Waals surface area contributed by atoms with Gasteiger partial charge in [0.15, 0.2) is 0 Å². The van der Waals surface area contributed by atoms with Crippen LogP contribution < -0.4 is 10.6 Å². The van der Waals surface area contributed by atoms with E-state index < -0.39 is 5.82 Å². The molecule has 0 radical (unpaired) electrons. The van der Waals surface area contributed by atoms with Crippen molar-refractivity contribution in [3.8, 4) is 0 Å². The molecular formula is C20H18ClFN4O. The molecule has 1 heterocycles. The molecule has 1 aromatic heterocycles. The summed E-state index contributed by atoms with van der Waals surface area (Å²) < 4.78 is 13.2. The molecule has 27 heavy (non-hydrogen) atoms. The summed E-state index contributed by atoms with van der Waals surface area (Å²) in [6.45, 7) is 4.22. The molecule has 0 unspecified atom stereocenters. The third kappa shape index (κ3) is 4.80. The third-order valence-corrected chi connectivity index (χ3v) is 4.20. The highest BCUT2D eigenvalue weighted by Gasteiger charge is 2.09. The van der Waals surface area contributed by atoms with E-state index in [1.165, 1.54) is 36.2 Å². The number of amides is 1. The first kappa shape index (κ1) is 18.8. The number of anilines is 3. The van der Waals surface area contributed by atoms with Crippen molar-refractivity contribution in [2.45, 2.75) is 19.8 Å². The van der Waals surface area contributed by atoms with Crippen LogP contribution in [0.25, 0.3) is 0 Å². The van der Waals surface area contributed by atoms with Gasteiger partial charge < -0.3 is 10.6 Å². The first-order valence-electron chi connectivity index (χ1n) is 8.38. The lowest BCUT2D eigenvalue weighted by molar-refractivity contribution is 0.102. The predicted octanol–water partition coefficient (Wildman–Crippen LogP) is 5.39. The zero-order valence-electron chi connectivity index (χ0n) is 14.8. The number of hydrogen-bond acceptors (Lipinski definition) is 4. The van der Waals surface area contributed by atoms with Crippen molar-refractivity contribution in [3.05, 3.63) is 77.0 Å². The third-order valence-electron chi connectivity index (χ3n) is 3.91. The summed E-state index contributed by atoms with van der Waals surface area (Å²) in [5.74, 6) is -0.00918. The smallest absolute Gasteiger partial charge is 0.275 e. The molecule has 5 nitrogen and oxygen atoms in total. The lowest BCUT2D eigenvalue weighted by Gasteiger charge is -2.09. The zero-order chi connectivity index (χ0) is 19.4. The number of benzene rings is 2. The Morgan fingerprint density at radius 3 is 2.33 bits per heavy atom. The average Bonchev–Trinajstić information content (AvgIpc) is 2.66. The maximum atomic E-state index is 13.2. The number of carbonyl (C=O) groups excluding carboxylic acids is 1. The Hall–Kier alpha value is -2.99. The molecule has 0 atom stereocenters. The van der Waals surface area contributed by atoms with E-state index in [4.69, 9.17) is 11.6 Å². The van der Waals surface area contributed by atoms with E-state index >= 15 is 0 Å². The standard InChI is InChI=1S/C20H18ClFN4O/c1-12(2)13-3-5-14(6-4-13)26-20(27)18-10-24-19(11-23-18)25-15-7-8-17(22)16(21)9-15/h3-12H,1-2H3,(H,24,25)(H,26,27). The molecule has 0 aliphatic heterocycles. The Balaban J connectivity index is 1.65. The monoisotopic (exact) mass is 384 g/mol. The molecule has 0 aliphatic rings. The van der Waals surface area contributed by atoms with Crippen molar-refractivity contribution in [2.75, 3.05) is 10.6 Å². The summed E-state index contributed by atoms with van der Waals surface area (Å²) >= 11 is 5.75. The van der Waals surface area contributed by atoms with Gasteiger partial charge in [0.05, 0.1) is 17.4 Å². The van der Waals surface area contributed by atoms with Gasteiger partial charge in [-0.25, -0.2) is 14.4 Å². The summed E-state index contributed by atoms with van der Waals surface area (Å²) in [5, 5.41) is 5.74. The van der Waals surface area contributed by atoms with Gasteiger partial charge in [0, 0.05) is 11.4 Å². The van der Waals surface area contributed by atoms with Crippen LogP contribution in [0.5, 0.6) is 0 Å². The topological polar surface area (TPSA) is 66.9 Å². The van der Waals surface area contributed by atoms with Crippen LogP contribution >= 0.6 is 11.6 Å². The lowest BCUT2D eigenvalue weighted by Crippen LogP contribution is -2.14. The summed E-state index contributed by atoms with van der Waals surface area (Å²) in [4.78, 5) is 20.6. The predicted molar refractivity (Wildman–Crippen MR) is 105 cm³/mol. The molecule has 0 saturated heterocycles. The summed E-state index contributed by atoms with van der Waals surface area (Å²) in [6, 6.07) is 11.9. The van der Waals surface area contributed by atoms with Gasteiger partial charge >= 0.3 is 0 Å². The van der Waals surface area contributed by atoms with E-state index in [0.29, 0.717) is 23.1 Å². The van der Waals surface area contributed by atoms with E-state index in [-0.39, 0.29) is 16.6 Å². The van der Waals surface area contributed by atoms with Crippen LogP contribution in [0.1, 0.15) is 35.8 Å². The van der Waals surface area contributed by atoms with E-state index in [2.05, 4.69) is 34.4 Å². The van der Waals surface area contributed by atoms with Gasteiger partial charge in [-0.2, -0.15) is 0 Å². The molecule has 0 aliphatic carbocycles. The highest BCUT2D eigenvalue weighted by Crippen LogP contribution is 2.22. The van der Waals surface area contributed by atoms with Crippen molar-refractivity contribution in [3.63, 3.8) is 0 Å². The Bertz CT molecular complexity index is 943. The second kappa shape index (κ2) is 8.14. The van der Waals surface area contributed by atoms with Crippen LogP contribution in [0.3, 0.4) is 0 Å². The van der Waals surface area contributed by atoms with Gasteiger partial charge in [-0.1, -0.05) is 37.6 Å². The molecule has 3 rings (SSSR count). The van der Waals surface area contributed by atoms with Crippen LogP contribution in [0, 0.1) is 5.82 Å². The molecule has 3 aromatic rings. The van der Waals surface area contributed by atoms with Crippen LogP contribution in [0.2, 0.25) is 5.02 Å². The first-order chi connectivity index (χ1) is 12.9. The molecule has 1 amide bonds. The highest BCUT2D eigenvalue weighted by molar-refractivity contribution is 6.31. The Morgan fingerprint density at radius 1 is 1.04 bits per heavy atom. The fraction of sp³-hybridized carbons (Fsp3) is 0.150. The van der Waals surface area contributed by atoms with Gasteiger partial charge in [0.2, 0.25) is 0 Å². The Morgan fingerprint density at radius 2 is 1.74 bits per heavy atom. The summed E-state index contributed by atoms with van der Waals surface area (Å²) in [6.07, 6.45) is 2.79. The van der Waals surface area contributed by atoms with Gasteiger partial charge in [-0.05, 0) is 41.8 Å². The molecule has 0 saturated carbocycles. The molecule has 0 spiro atoms. The molecule has 0 fully saturated rings. The maximum Gasteiger partial charge on any atom is 0.275 e. The summed E-state index contributed by atoms with van der Waals surface area (Å²) in [7, 11) is 0. The minimum atomic E-state index is -0.498. The van der Waals surface area contributed by atoms with E-state index in [9.17, 15) is 9.18 Å². The number of nitrogens with zero attached hydrogens (tertiary/aromatic N) is 2. The number of carbonyl (C=O) groups is 1. The lowest BCUT2D eigenvalue weighted by atomic mass is 10.0. The normalized spacial score (nSPS) is 10.7. The van der Waals surface area contributed by atoms with Gasteiger partial charge in [-0.3, -0.25) is 4.79 Å². The maximum absolute atomic E-state index is 13.2. The van der Waals surface area contributed by atoms with Crippen molar-refractivity contribution in [1.82, 2.24) is 9.97 Å². The number of aromatic nitrogens is 2.